The molecular weight excluding hydrogens is 262 g/mol. The molecule has 3 nitrogen and oxygen atoms in total. The lowest BCUT2D eigenvalue weighted by atomic mass is 9.81. The number of amides is 2. The summed E-state index contributed by atoms with van der Waals surface area (Å²) >= 11 is 5.81. The van der Waals surface area contributed by atoms with E-state index in [1.165, 1.54) is 11.3 Å². The molecule has 0 aromatic heterocycles. The van der Waals surface area contributed by atoms with Crippen molar-refractivity contribution in [1.82, 2.24) is 4.90 Å². The van der Waals surface area contributed by atoms with E-state index in [1.54, 1.807) is 24.3 Å². The van der Waals surface area contributed by atoms with E-state index in [2.05, 4.69) is 0 Å². The Hall–Kier alpha value is -1.35. The van der Waals surface area contributed by atoms with Crippen LogP contribution in [0.2, 0.25) is 5.02 Å². The van der Waals surface area contributed by atoms with Crippen LogP contribution in [-0.4, -0.2) is 23.3 Å². The zero-order chi connectivity index (χ0) is 13.4. The van der Waals surface area contributed by atoms with Crippen molar-refractivity contribution in [2.75, 3.05) is 6.54 Å². The van der Waals surface area contributed by atoms with Gasteiger partial charge in [-0.2, -0.15) is 0 Å². The van der Waals surface area contributed by atoms with Crippen LogP contribution in [0.1, 0.15) is 36.0 Å². The Labute approximate surface area is 117 Å². The van der Waals surface area contributed by atoms with E-state index in [4.69, 9.17) is 11.6 Å². The average Bonchev–Trinajstić information content (AvgIpc) is 2.77. The predicted molar refractivity (Wildman–Crippen MR) is 72.9 cm³/mol. The molecular formula is C15H16ClNO2. The maximum Gasteiger partial charge on any atom is 0.260 e. The number of rotatable bonds is 1. The topological polar surface area (TPSA) is 37.4 Å². The summed E-state index contributed by atoms with van der Waals surface area (Å²) in [7, 11) is 0. The predicted octanol–water partition coefficient (Wildman–Crippen LogP) is 3.13. The molecule has 3 rings (SSSR count). The molecule has 2 atom stereocenters. The third kappa shape index (κ3) is 2.27. The van der Waals surface area contributed by atoms with Crippen molar-refractivity contribution < 1.29 is 9.59 Å². The van der Waals surface area contributed by atoms with Crippen molar-refractivity contribution in [1.29, 1.82) is 0 Å². The number of carbonyl (C=O) groups excluding carboxylic acids is 2. The van der Waals surface area contributed by atoms with Gasteiger partial charge in [-0.05, 0) is 43.0 Å². The number of hydrogen-bond acceptors (Lipinski definition) is 2. The van der Waals surface area contributed by atoms with Gasteiger partial charge < -0.3 is 0 Å². The fourth-order valence-corrected chi connectivity index (χ4v) is 3.33. The molecule has 2 amide bonds. The normalized spacial score (nSPS) is 26.4. The van der Waals surface area contributed by atoms with E-state index >= 15 is 0 Å². The van der Waals surface area contributed by atoms with Crippen molar-refractivity contribution in [3.8, 4) is 0 Å². The highest BCUT2D eigenvalue weighted by atomic mass is 35.5. The third-order valence-electron chi connectivity index (χ3n) is 4.25. The zero-order valence-corrected chi connectivity index (χ0v) is 11.4. The van der Waals surface area contributed by atoms with E-state index in [0.29, 0.717) is 23.0 Å². The Morgan fingerprint density at radius 3 is 2.53 bits per heavy atom. The van der Waals surface area contributed by atoms with Crippen molar-refractivity contribution in [3.63, 3.8) is 0 Å². The first kappa shape index (κ1) is 12.7. The van der Waals surface area contributed by atoms with Gasteiger partial charge in [-0.15, -0.1) is 0 Å². The van der Waals surface area contributed by atoms with Gasteiger partial charge in [-0.1, -0.05) is 24.4 Å². The highest BCUT2D eigenvalue weighted by molar-refractivity contribution is 6.30. The first-order valence-electron chi connectivity index (χ1n) is 6.78. The minimum absolute atomic E-state index is 0.0182. The molecule has 0 unspecified atom stereocenters. The molecule has 0 spiro atoms. The molecule has 1 aromatic carbocycles. The smallest absolute Gasteiger partial charge is 0.260 e. The van der Waals surface area contributed by atoms with E-state index < -0.39 is 0 Å². The maximum absolute atomic E-state index is 12.4. The van der Waals surface area contributed by atoms with Crippen LogP contribution in [0.3, 0.4) is 0 Å². The quantitative estimate of drug-likeness (QED) is 0.740. The number of hydrogen-bond donors (Lipinski definition) is 0. The van der Waals surface area contributed by atoms with Gasteiger partial charge in [0.15, 0.2) is 0 Å². The van der Waals surface area contributed by atoms with E-state index in [1.807, 2.05) is 0 Å². The van der Waals surface area contributed by atoms with Crippen LogP contribution in [0.15, 0.2) is 24.3 Å². The van der Waals surface area contributed by atoms with Gasteiger partial charge >= 0.3 is 0 Å². The largest absolute Gasteiger partial charge is 0.278 e. The summed E-state index contributed by atoms with van der Waals surface area (Å²) in [4.78, 5) is 26.1. The van der Waals surface area contributed by atoms with E-state index in [0.717, 1.165) is 19.3 Å². The van der Waals surface area contributed by atoms with Crippen molar-refractivity contribution in [3.05, 3.63) is 34.9 Å². The van der Waals surface area contributed by atoms with Crippen molar-refractivity contribution in [2.45, 2.75) is 25.7 Å². The Balaban J connectivity index is 1.80. The first-order chi connectivity index (χ1) is 9.16. The molecule has 2 aliphatic rings. The average molecular weight is 278 g/mol. The Morgan fingerprint density at radius 1 is 1.16 bits per heavy atom. The number of imide groups is 1. The van der Waals surface area contributed by atoms with Crippen LogP contribution in [0.4, 0.5) is 0 Å². The van der Waals surface area contributed by atoms with Crippen LogP contribution in [0, 0.1) is 11.8 Å². The first-order valence-corrected chi connectivity index (χ1v) is 7.16. The lowest BCUT2D eigenvalue weighted by molar-refractivity contribution is -0.129. The van der Waals surface area contributed by atoms with Gasteiger partial charge in [-0.25, -0.2) is 0 Å². The molecule has 1 aliphatic heterocycles. The lowest BCUT2D eigenvalue weighted by Gasteiger charge is -2.21. The van der Waals surface area contributed by atoms with Gasteiger partial charge in [0, 0.05) is 23.0 Å². The molecule has 1 saturated heterocycles. The second-order valence-corrected chi connectivity index (χ2v) is 5.85. The Morgan fingerprint density at radius 2 is 1.84 bits per heavy atom. The molecule has 1 saturated carbocycles. The Kier molecular flexibility index (Phi) is 3.31. The van der Waals surface area contributed by atoms with Crippen LogP contribution < -0.4 is 0 Å². The SMILES string of the molecule is O=C(c1ccc(Cl)cc1)N1C[C@H]2CCCC[C@H]2C1=O. The number of nitrogens with zero attached hydrogens (tertiary/aromatic N) is 1. The van der Waals surface area contributed by atoms with Crippen LogP contribution in [-0.2, 0) is 4.79 Å². The molecule has 1 heterocycles. The highest BCUT2D eigenvalue weighted by Gasteiger charge is 2.43. The summed E-state index contributed by atoms with van der Waals surface area (Å²) < 4.78 is 0. The Bertz CT molecular complexity index is 511. The number of likely N-dealkylation sites (tertiary alicyclic amines) is 1. The van der Waals surface area contributed by atoms with Gasteiger partial charge in [0.05, 0.1) is 0 Å². The molecule has 100 valence electrons. The van der Waals surface area contributed by atoms with Gasteiger partial charge in [0.25, 0.3) is 5.91 Å². The summed E-state index contributed by atoms with van der Waals surface area (Å²) in [5, 5.41) is 0.595. The van der Waals surface area contributed by atoms with Crippen molar-refractivity contribution >= 4 is 23.4 Å². The molecule has 1 aliphatic carbocycles. The standard InChI is InChI=1S/C15H16ClNO2/c16-12-7-5-10(6-8-12)14(18)17-9-11-3-1-2-4-13(11)15(17)19/h5-8,11,13H,1-4,9H2/t11-,13-/m1/s1. The molecule has 0 N–H and O–H groups in total. The second-order valence-electron chi connectivity index (χ2n) is 5.41. The second kappa shape index (κ2) is 4.97. The minimum atomic E-state index is -0.184. The summed E-state index contributed by atoms with van der Waals surface area (Å²) in [6.07, 6.45) is 4.29. The molecule has 0 bridgehead atoms. The zero-order valence-electron chi connectivity index (χ0n) is 10.6. The van der Waals surface area contributed by atoms with E-state index in [-0.39, 0.29) is 17.7 Å². The number of carbonyl (C=O) groups is 2. The summed E-state index contributed by atoms with van der Waals surface area (Å²) in [5.74, 6) is 0.281. The molecule has 0 radical (unpaired) electrons. The molecule has 2 fully saturated rings. The third-order valence-corrected chi connectivity index (χ3v) is 4.50. The fourth-order valence-electron chi connectivity index (χ4n) is 3.21. The minimum Gasteiger partial charge on any atom is -0.278 e. The van der Waals surface area contributed by atoms with Crippen LogP contribution in [0.5, 0.6) is 0 Å². The molecule has 4 heteroatoms. The lowest BCUT2D eigenvalue weighted by Crippen LogP contribution is -2.33. The monoisotopic (exact) mass is 277 g/mol. The summed E-state index contributed by atoms with van der Waals surface area (Å²) in [5.41, 5.74) is 0.538. The number of benzene rings is 1. The van der Waals surface area contributed by atoms with Crippen molar-refractivity contribution in [2.24, 2.45) is 11.8 Å². The van der Waals surface area contributed by atoms with E-state index in [9.17, 15) is 9.59 Å². The number of fused-ring (bicyclic) bond motifs is 1. The van der Waals surface area contributed by atoms with Crippen LogP contribution in [0.25, 0.3) is 0 Å². The van der Waals surface area contributed by atoms with Gasteiger partial charge in [0.1, 0.15) is 0 Å². The molecule has 1 aromatic rings. The molecule has 19 heavy (non-hydrogen) atoms. The fraction of sp³-hybridized carbons (Fsp3) is 0.467. The van der Waals surface area contributed by atoms with Gasteiger partial charge in [-0.3, -0.25) is 14.5 Å². The van der Waals surface area contributed by atoms with Gasteiger partial charge in [0.2, 0.25) is 5.91 Å². The summed E-state index contributed by atoms with van der Waals surface area (Å²) in [6.45, 7) is 0.588. The summed E-state index contributed by atoms with van der Waals surface area (Å²) in [6, 6.07) is 6.73. The van der Waals surface area contributed by atoms with Crippen LogP contribution >= 0.6 is 11.6 Å². The highest BCUT2D eigenvalue weighted by Crippen LogP contribution is 2.37. The number of halogens is 1. The maximum atomic E-state index is 12.4.